The summed E-state index contributed by atoms with van der Waals surface area (Å²) in [5.41, 5.74) is -2.00. The molecule has 0 fully saturated rings. The van der Waals surface area contributed by atoms with Crippen molar-refractivity contribution in [1.29, 1.82) is 0 Å². The molecule has 0 spiro atoms. The van der Waals surface area contributed by atoms with E-state index in [1.54, 1.807) is 0 Å². The first kappa shape index (κ1) is 14.6. The Balaban J connectivity index is 3.30. The van der Waals surface area contributed by atoms with Crippen molar-refractivity contribution in [2.24, 2.45) is 0 Å². The summed E-state index contributed by atoms with van der Waals surface area (Å²) in [5, 5.41) is 0. The maximum Gasteiger partial charge on any atom is 0.574 e. The van der Waals surface area contributed by atoms with Gasteiger partial charge in [0.1, 0.15) is 5.69 Å². The quantitative estimate of drug-likeness (QED) is 0.484. The molecular weight excluding hydrogens is 285 g/mol. The highest BCUT2D eigenvalue weighted by molar-refractivity contribution is 6.17. The third kappa shape index (κ3) is 3.52. The molecule has 0 saturated carbocycles. The molecule has 1 rings (SSSR count). The summed E-state index contributed by atoms with van der Waals surface area (Å²) in [6, 6.07) is 0.662. The second-order valence-electron chi connectivity index (χ2n) is 3.03. The first-order chi connectivity index (χ1) is 8.28. The number of carbonyl (C=O) groups is 1. The molecule has 0 aliphatic rings. The smallest absolute Gasteiger partial charge is 0.388 e. The number of pyridine rings is 1. The maximum atomic E-state index is 12.5. The molecule has 0 aliphatic carbocycles. The van der Waals surface area contributed by atoms with Gasteiger partial charge in [0.2, 0.25) is 5.88 Å². The first-order valence-corrected chi connectivity index (χ1v) is 4.90. The van der Waals surface area contributed by atoms with Gasteiger partial charge in [-0.1, -0.05) is 0 Å². The first-order valence-electron chi connectivity index (χ1n) is 4.37. The Labute approximate surface area is 103 Å². The minimum atomic E-state index is -5.06. The van der Waals surface area contributed by atoms with Gasteiger partial charge >= 0.3 is 6.36 Å². The van der Waals surface area contributed by atoms with E-state index in [4.69, 9.17) is 11.6 Å². The minimum absolute atomic E-state index is 0.0806. The molecule has 0 atom stereocenters. The molecule has 0 radical (unpaired) electrons. The number of rotatable bonds is 4. The Morgan fingerprint density at radius 3 is 2.44 bits per heavy atom. The van der Waals surface area contributed by atoms with Gasteiger partial charge in [0, 0.05) is 11.1 Å². The molecule has 0 bridgehead atoms. The number of nitrogens with zero attached hydrogens (tertiary/aromatic N) is 1. The highest BCUT2D eigenvalue weighted by atomic mass is 35.5. The molecule has 3 nitrogen and oxygen atoms in total. The van der Waals surface area contributed by atoms with Crippen LogP contribution in [0.25, 0.3) is 0 Å². The largest absolute Gasteiger partial charge is 0.574 e. The van der Waals surface area contributed by atoms with Crippen LogP contribution in [0.2, 0.25) is 0 Å². The normalized spacial score (nSPS) is 11.7. The van der Waals surface area contributed by atoms with E-state index in [-0.39, 0.29) is 11.8 Å². The van der Waals surface area contributed by atoms with Crippen LogP contribution in [0, 0.1) is 0 Å². The fourth-order valence-electron chi connectivity index (χ4n) is 1.13. The van der Waals surface area contributed by atoms with E-state index in [0.717, 1.165) is 0 Å². The molecule has 18 heavy (non-hydrogen) atoms. The van der Waals surface area contributed by atoms with Crippen LogP contribution < -0.4 is 4.74 Å². The van der Waals surface area contributed by atoms with Gasteiger partial charge in [-0.05, 0) is 6.07 Å². The van der Waals surface area contributed by atoms with Gasteiger partial charge < -0.3 is 4.74 Å². The van der Waals surface area contributed by atoms with Gasteiger partial charge in [-0.3, -0.25) is 4.79 Å². The molecule has 1 aromatic heterocycles. The van der Waals surface area contributed by atoms with Crippen LogP contribution in [0.4, 0.5) is 22.0 Å². The second-order valence-corrected chi connectivity index (χ2v) is 3.29. The summed E-state index contributed by atoms with van der Waals surface area (Å²) in [7, 11) is 0. The Bertz CT molecular complexity index is 449. The number of aromatic nitrogens is 1. The van der Waals surface area contributed by atoms with E-state index in [9.17, 15) is 26.7 Å². The average Bonchev–Trinajstić information content (AvgIpc) is 2.25. The fraction of sp³-hybridized carbons (Fsp3) is 0.333. The zero-order chi connectivity index (χ0) is 13.9. The lowest BCUT2D eigenvalue weighted by Gasteiger charge is -2.13. The average molecular weight is 290 g/mol. The predicted molar refractivity (Wildman–Crippen MR) is 50.8 cm³/mol. The lowest BCUT2D eigenvalue weighted by molar-refractivity contribution is -0.276. The van der Waals surface area contributed by atoms with Crippen LogP contribution in [0.15, 0.2) is 6.07 Å². The monoisotopic (exact) mass is 289 g/mol. The predicted octanol–water partition coefficient (Wildman–Crippen LogP) is 3.47. The summed E-state index contributed by atoms with van der Waals surface area (Å²) in [5.74, 6) is -1.53. The third-order valence-electron chi connectivity index (χ3n) is 1.83. The number of aldehydes is 1. The van der Waals surface area contributed by atoms with E-state index < -0.39 is 35.8 Å². The second kappa shape index (κ2) is 5.47. The number of hydrogen-bond donors (Lipinski definition) is 0. The number of alkyl halides is 6. The zero-order valence-corrected chi connectivity index (χ0v) is 9.23. The van der Waals surface area contributed by atoms with Gasteiger partial charge in [-0.25, -0.2) is 13.8 Å². The number of carbonyl (C=O) groups excluding carboxylic acids is 1. The molecule has 100 valence electrons. The molecule has 1 aromatic rings. The highest BCUT2D eigenvalue weighted by Crippen LogP contribution is 2.30. The minimum Gasteiger partial charge on any atom is -0.388 e. The summed E-state index contributed by atoms with van der Waals surface area (Å²) in [6.07, 6.45) is -8.19. The van der Waals surface area contributed by atoms with E-state index in [2.05, 4.69) is 9.72 Å². The van der Waals surface area contributed by atoms with Crippen LogP contribution in [-0.2, 0) is 5.88 Å². The number of halogens is 6. The maximum absolute atomic E-state index is 12.5. The standard InChI is InChI=1S/C9H5ClF5NO2/c10-2-4-1-5(7(11)12)6(3-17)16-8(4)18-9(13,14)15/h1,3,7H,2H2. The molecule has 0 aliphatic heterocycles. The number of ether oxygens (including phenoxy) is 1. The molecular formula is C9H5ClF5NO2. The van der Waals surface area contributed by atoms with Crippen LogP contribution in [0.5, 0.6) is 5.88 Å². The van der Waals surface area contributed by atoms with E-state index in [0.29, 0.717) is 6.07 Å². The molecule has 0 N–H and O–H groups in total. The van der Waals surface area contributed by atoms with Gasteiger partial charge in [0.05, 0.1) is 5.88 Å². The van der Waals surface area contributed by atoms with Gasteiger partial charge in [-0.15, -0.1) is 24.8 Å². The molecule has 0 saturated heterocycles. The Kier molecular flexibility index (Phi) is 4.44. The molecule has 9 heteroatoms. The van der Waals surface area contributed by atoms with Crippen LogP contribution >= 0.6 is 11.6 Å². The summed E-state index contributed by atoms with van der Waals surface area (Å²) in [4.78, 5) is 13.6. The van der Waals surface area contributed by atoms with Crippen molar-refractivity contribution in [3.63, 3.8) is 0 Å². The Morgan fingerprint density at radius 1 is 1.44 bits per heavy atom. The van der Waals surface area contributed by atoms with Crippen molar-refractivity contribution in [3.05, 3.63) is 22.9 Å². The van der Waals surface area contributed by atoms with Gasteiger partial charge in [0.15, 0.2) is 6.29 Å². The van der Waals surface area contributed by atoms with E-state index in [1.807, 2.05) is 0 Å². The van der Waals surface area contributed by atoms with Crippen molar-refractivity contribution in [1.82, 2.24) is 4.98 Å². The van der Waals surface area contributed by atoms with Crippen molar-refractivity contribution in [3.8, 4) is 5.88 Å². The Hall–Kier alpha value is -1.44. The lowest BCUT2D eigenvalue weighted by atomic mass is 10.1. The molecule has 0 unspecified atom stereocenters. The Morgan fingerprint density at radius 2 is 2.06 bits per heavy atom. The topological polar surface area (TPSA) is 39.2 Å². The molecule has 0 aromatic carbocycles. The van der Waals surface area contributed by atoms with E-state index >= 15 is 0 Å². The van der Waals surface area contributed by atoms with Gasteiger partial charge in [0.25, 0.3) is 6.43 Å². The van der Waals surface area contributed by atoms with Crippen LogP contribution in [0.1, 0.15) is 28.0 Å². The summed E-state index contributed by atoms with van der Waals surface area (Å²) < 4.78 is 64.5. The SMILES string of the molecule is O=Cc1nc(OC(F)(F)F)c(CCl)cc1C(F)F. The van der Waals surface area contributed by atoms with Crippen LogP contribution in [-0.4, -0.2) is 17.6 Å². The summed E-state index contributed by atoms with van der Waals surface area (Å²) in [6.45, 7) is 0. The van der Waals surface area contributed by atoms with Gasteiger partial charge in [-0.2, -0.15) is 0 Å². The number of hydrogen-bond acceptors (Lipinski definition) is 3. The lowest BCUT2D eigenvalue weighted by Crippen LogP contribution is -2.19. The zero-order valence-electron chi connectivity index (χ0n) is 8.47. The molecule has 0 amide bonds. The van der Waals surface area contributed by atoms with Crippen molar-refractivity contribution < 1.29 is 31.5 Å². The third-order valence-corrected chi connectivity index (χ3v) is 2.11. The summed E-state index contributed by atoms with van der Waals surface area (Å²) >= 11 is 5.31. The van der Waals surface area contributed by atoms with Crippen molar-refractivity contribution in [2.75, 3.05) is 0 Å². The fourth-order valence-corrected chi connectivity index (χ4v) is 1.32. The van der Waals surface area contributed by atoms with Crippen LogP contribution in [0.3, 0.4) is 0 Å². The van der Waals surface area contributed by atoms with Crippen molar-refractivity contribution in [2.45, 2.75) is 18.7 Å². The van der Waals surface area contributed by atoms with E-state index in [1.165, 1.54) is 0 Å². The highest BCUT2D eigenvalue weighted by Gasteiger charge is 2.33. The van der Waals surface area contributed by atoms with Crippen molar-refractivity contribution >= 4 is 17.9 Å². The molecule has 1 heterocycles.